The monoisotopic (exact) mass is 383 g/mol. The number of carbonyl (C=O) groups is 1. The number of morpholine rings is 1. The van der Waals surface area contributed by atoms with E-state index in [0.29, 0.717) is 6.42 Å². The first-order valence-electron chi connectivity index (χ1n) is 10.3. The number of fused-ring (bicyclic) bond motifs is 1. The van der Waals surface area contributed by atoms with E-state index in [9.17, 15) is 9.90 Å². The molecule has 1 saturated heterocycles. The lowest BCUT2D eigenvalue weighted by Gasteiger charge is -2.38. The summed E-state index contributed by atoms with van der Waals surface area (Å²) in [4.78, 5) is 19.5. The van der Waals surface area contributed by atoms with Crippen molar-refractivity contribution in [1.29, 1.82) is 0 Å². The minimum Gasteiger partial charge on any atom is -0.393 e. The van der Waals surface area contributed by atoms with Crippen LogP contribution >= 0.6 is 0 Å². The number of rotatable bonds is 7. The highest BCUT2D eigenvalue weighted by Crippen LogP contribution is 2.38. The molecule has 1 aliphatic heterocycles. The van der Waals surface area contributed by atoms with Gasteiger partial charge in [0.25, 0.3) is 0 Å². The van der Waals surface area contributed by atoms with Gasteiger partial charge in [0, 0.05) is 31.1 Å². The zero-order valence-electron chi connectivity index (χ0n) is 16.2. The van der Waals surface area contributed by atoms with Crippen LogP contribution < -0.4 is 5.32 Å². The molecule has 4 rings (SSSR count). The average Bonchev–Trinajstić information content (AvgIpc) is 2.70. The van der Waals surface area contributed by atoms with Gasteiger partial charge in [0.05, 0.1) is 30.9 Å². The van der Waals surface area contributed by atoms with Crippen LogP contribution in [0, 0.1) is 5.92 Å². The van der Waals surface area contributed by atoms with Crippen LogP contribution in [-0.4, -0.2) is 59.8 Å². The number of aliphatic hydroxyl groups is 1. The highest BCUT2D eigenvalue weighted by atomic mass is 16.5. The molecule has 1 unspecified atom stereocenters. The SMILES string of the molecule is O=C(CCCN1CCOCC1)NC(c1cnc2ccccc2c1)C1CC(O)C1. The number of benzene rings is 1. The van der Waals surface area contributed by atoms with Gasteiger partial charge >= 0.3 is 0 Å². The number of carbonyl (C=O) groups excluding carboxylic acids is 1. The first-order chi connectivity index (χ1) is 13.7. The zero-order chi connectivity index (χ0) is 19.3. The molecule has 0 spiro atoms. The van der Waals surface area contributed by atoms with E-state index in [-0.39, 0.29) is 24.0 Å². The maximum Gasteiger partial charge on any atom is 0.220 e. The van der Waals surface area contributed by atoms with Crippen molar-refractivity contribution in [1.82, 2.24) is 15.2 Å². The number of aromatic nitrogens is 1. The molecule has 2 aliphatic rings. The number of hydrogen-bond acceptors (Lipinski definition) is 5. The number of para-hydroxylation sites is 1. The molecule has 6 nitrogen and oxygen atoms in total. The van der Waals surface area contributed by atoms with Crippen LogP contribution in [0.4, 0.5) is 0 Å². The van der Waals surface area contributed by atoms with Gasteiger partial charge in [-0.3, -0.25) is 14.7 Å². The van der Waals surface area contributed by atoms with Crippen LogP contribution in [0.5, 0.6) is 0 Å². The number of nitrogens with one attached hydrogen (secondary N) is 1. The fraction of sp³-hybridized carbons (Fsp3) is 0.545. The standard InChI is InChI=1S/C22H29N3O3/c26-19-13-17(14-19)22(18-12-16-4-1-2-5-20(16)23-15-18)24-21(27)6-3-7-25-8-10-28-11-9-25/h1-2,4-5,12,15,17,19,22,26H,3,6-11,13-14H2,(H,24,27). The van der Waals surface area contributed by atoms with Crippen molar-refractivity contribution < 1.29 is 14.6 Å². The van der Waals surface area contributed by atoms with Crippen molar-refractivity contribution in [2.45, 2.75) is 37.8 Å². The van der Waals surface area contributed by atoms with Gasteiger partial charge in [0.15, 0.2) is 0 Å². The second-order valence-corrected chi connectivity index (χ2v) is 7.95. The fourth-order valence-electron chi connectivity index (χ4n) is 4.17. The third-order valence-corrected chi connectivity index (χ3v) is 5.89. The molecule has 2 N–H and O–H groups in total. The summed E-state index contributed by atoms with van der Waals surface area (Å²) < 4.78 is 5.37. The highest BCUT2D eigenvalue weighted by molar-refractivity contribution is 5.80. The van der Waals surface area contributed by atoms with Crippen molar-refractivity contribution in [2.24, 2.45) is 5.92 Å². The minimum atomic E-state index is -0.251. The quantitative estimate of drug-likeness (QED) is 0.767. The second-order valence-electron chi connectivity index (χ2n) is 7.95. The summed E-state index contributed by atoms with van der Waals surface area (Å²) in [6.07, 6.45) is 4.44. The highest BCUT2D eigenvalue weighted by Gasteiger charge is 2.35. The molecule has 2 aromatic rings. The molecule has 150 valence electrons. The lowest BCUT2D eigenvalue weighted by molar-refractivity contribution is -0.123. The van der Waals surface area contributed by atoms with Gasteiger partial charge in [-0.15, -0.1) is 0 Å². The Morgan fingerprint density at radius 1 is 1.29 bits per heavy atom. The second kappa shape index (κ2) is 8.99. The molecule has 0 bridgehead atoms. The summed E-state index contributed by atoms with van der Waals surface area (Å²) in [6.45, 7) is 4.40. The van der Waals surface area contributed by atoms with Crippen LogP contribution in [0.2, 0.25) is 0 Å². The van der Waals surface area contributed by atoms with Gasteiger partial charge in [0.2, 0.25) is 5.91 Å². The molecule has 1 aromatic carbocycles. The molecule has 2 heterocycles. The summed E-state index contributed by atoms with van der Waals surface area (Å²) in [6, 6.07) is 10.0. The summed E-state index contributed by atoms with van der Waals surface area (Å²) in [5.41, 5.74) is 1.98. The Morgan fingerprint density at radius 2 is 2.07 bits per heavy atom. The molecule has 1 aromatic heterocycles. The Bertz CT molecular complexity index is 800. The number of pyridine rings is 1. The third kappa shape index (κ3) is 4.69. The third-order valence-electron chi connectivity index (χ3n) is 5.89. The molecule has 1 aliphatic carbocycles. The lowest BCUT2D eigenvalue weighted by atomic mass is 9.75. The van der Waals surface area contributed by atoms with E-state index in [2.05, 4.69) is 21.3 Å². The van der Waals surface area contributed by atoms with Crippen LogP contribution in [-0.2, 0) is 9.53 Å². The molecule has 1 saturated carbocycles. The Morgan fingerprint density at radius 3 is 2.86 bits per heavy atom. The average molecular weight is 383 g/mol. The molecule has 28 heavy (non-hydrogen) atoms. The van der Waals surface area contributed by atoms with Gasteiger partial charge in [-0.2, -0.15) is 0 Å². The molecule has 1 amide bonds. The van der Waals surface area contributed by atoms with Crippen LogP contribution in [0.25, 0.3) is 10.9 Å². The first-order valence-corrected chi connectivity index (χ1v) is 10.3. The number of ether oxygens (including phenoxy) is 1. The molecular formula is C22H29N3O3. The van der Waals surface area contributed by atoms with Crippen molar-refractivity contribution in [3.05, 3.63) is 42.1 Å². The maximum atomic E-state index is 12.6. The molecule has 2 fully saturated rings. The summed E-state index contributed by atoms with van der Waals surface area (Å²) >= 11 is 0. The van der Waals surface area contributed by atoms with E-state index in [4.69, 9.17) is 4.74 Å². The van der Waals surface area contributed by atoms with Crippen molar-refractivity contribution in [3.8, 4) is 0 Å². The van der Waals surface area contributed by atoms with E-state index in [0.717, 1.165) is 68.6 Å². The molecule has 6 heteroatoms. The van der Waals surface area contributed by atoms with Gasteiger partial charge in [-0.05, 0) is 49.4 Å². The van der Waals surface area contributed by atoms with Crippen molar-refractivity contribution >= 4 is 16.8 Å². The Hall–Kier alpha value is -2.02. The van der Waals surface area contributed by atoms with Crippen LogP contribution in [0.3, 0.4) is 0 Å². The van der Waals surface area contributed by atoms with Crippen LogP contribution in [0.1, 0.15) is 37.3 Å². The number of nitrogens with zero attached hydrogens (tertiary/aromatic N) is 2. The minimum absolute atomic E-state index is 0.0767. The maximum absolute atomic E-state index is 12.6. The topological polar surface area (TPSA) is 74.7 Å². The molecule has 1 atom stereocenters. The predicted octanol–water partition coefficient (Wildman–Crippen LogP) is 2.28. The van der Waals surface area contributed by atoms with E-state index in [1.807, 2.05) is 30.5 Å². The van der Waals surface area contributed by atoms with E-state index in [1.165, 1.54) is 0 Å². The van der Waals surface area contributed by atoms with E-state index >= 15 is 0 Å². The molecule has 0 radical (unpaired) electrons. The number of amides is 1. The van der Waals surface area contributed by atoms with Gasteiger partial charge < -0.3 is 15.2 Å². The zero-order valence-corrected chi connectivity index (χ0v) is 16.2. The Balaban J connectivity index is 1.38. The Labute approximate surface area is 165 Å². The van der Waals surface area contributed by atoms with Gasteiger partial charge in [-0.25, -0.2) is 0 Å². The summed E-state index contributed by atoms with van der Waals surface area (Å²) in [7, 11) is 0. The predicted molar refractivity (Wildman–Crippen MR) is 108 cm³/mol. The van der Waals surface area contributed by atoms with E-state index < -0.39 is 0 Å². The number of aliphatic hydroxyl groups excluding tert-OH is 1. The van der Waals surface area contributed by atoms with Crippen molar-refractivity contribution in [3.63, 3.8) is 0 Å². The van der Waals surface area contributed by atoms with E-state index in [1.54, 1.807) is 0 Å². The summed E-state index contributed by atoms with van der Waals surface area (Å²) in [5.74, 6) is 0.342. The summed E-state index contributed by atoms with van der Waals surface area (Å²) in [5, 5.41) is 14.1. The first kappa shape index (κ1) is 19.3. The lowest BCUT2D eigenvalue weighted by Crippen LogP contribution is -2.42. The Kier molecular flexibility index (Phi) is 6.20. The van der Waals surface area contributed by atoms with Gasteiger partial charge in [-0.1, -0.05) is 18.2 Å². The van der Waals surface area contributed by atoms with Crippen LogP contribution in [0.15, 0.2) is 36.5 Å². The number of hydrogen-bond donors (Lipinski definition) is 2. The molecular weight excluding hydrogens is 354 g/mol. The smallest absolute Gasteiger partial charge is 0.220 e. The van der Waals surface area contributed by atoms with Crippen molar-refractivity contribution in [2.75, 3.05) is 32.8 Å². The fourth-order valence-corrected chi connectivity index (χ4v) is 4.17. The normalized spacial score (nSPS) is 23.9. The van der Waals surface area contributed by atoms with Gasteiger partial charge in [0.1, 0.15) is 0 Å². The largest absolute Gasteiger partial charge is 0.393 e.